The first-order valence-corrected chi connectivity index (χ1v) is 9.88. The Hall–Kier alpha value is -1.03. The summed E-state index contributed by atoms with van der Waals surface area (Å²) < 4.78 is 25.5. The van der Waals surface area contributed by atoms with Gasteiger partial charge >= 0.3 is 0 Å². The molecule has 7 nitrogen and oxygen atoms in total. The van der Waals surface area contributed by atoms with Crippen LogP contribution in [0, 0.1) is 0 Å². The second-order valence-electron chi connectivity index (χ2n) is 5.29. The lowest BCUT2D eigenvalue weighted by Crippen LogP contribution is -2.47. The van der Waals surface area contributed by atoms with Crippen molar-refractivity contribution in [2.24, 2.45) is 5.73 Å². The minimum Gasteiger partial charge on any atom is -0.348 e. The van der Waals surface area contributed by atoms with Gasteiger partial charge in [0.25, 0.3) is 5.91 Å². The summed E-state index contributed by atoms with van der Waals surface area (Å²) in [5.41, 5.74) is 5.86. The Morgan fingerprint density at radius 1 is 1.50 bits per heavy atom. The summed E-state index contributed by atoms with van der Waals surface area (Å²) in [6.07, 6.45) is 1.87. The lowest BCUT2D eigenvalue weighted by atomic mass is 10.1. The predicted octanol–water partition coefficient (Wildman–Crippen LogP) is 0.536. The van der Waals surface area contributed by atoms with Crippen molar-refractivity contribution in [2.75, 3.05) is 18.8 Å². The molecule has 1 aliphatic rings. The Morgan fingerprint density at radius 2 is 2.18 bits per heavy atom. The minimum atomic E-state index is -3.14. The van der Waals surface area contributed by atoms with Gasteiger partial charge < -0.3 is 11.1 Å². The zero-order chi connectivity index (χ0) is 16.2. The van der Waals surface area contributed by atoms with Crippen LogP contribution >= 0.6 is 11.3 Å². The van der Waals surface area contributed by atoms with Gasteiger partial charge in [-0.2, -0.15) is 0 Å². The van der Waals surface area contributed by atoms with Crippen LogP contribution in [0.25, 0.3) is 0 Å². The largest absolute Gasteiger partial charge is 0.348 e. The summed E-state index contributed by atoms with van der Waals surface area (Å²) >= 11 is 1.36. The maximum Gasteiger partial charge on any atom is 0.270 e. The Kier molecular flexibility index (Phi) is 5.90. The fraction of sp³-hybridized carbons (Fsp3) is 0.692. The molecule has 0 aliphatic carbocycles. The highest BCUT2D eigenvalue weighted by molar-refractivity contribution is 7.89. The SMILES string of the molecule is CCCS(=O)(=O)N1CCC(NC(=O)c2csc(CN)n2)CC1. The van der Waals surface area contributed by atoms with Crippen LogP contribution in [-0.2, 0) is 16.6 Å². The Labute approximate surface area is 135 Å². The first-order valence-electron chi connectivity index (χ1n) is 7.39. The van der Waals surface area contributed by atoms with Crippen molar-refractivity contribution in [1.82, 2.24) is 14.6 Å². The molecule has 0 radical (unpaired) electrons. The number of rotatable bonds is 6. The molecule has 0 bridgehead atoms. The van der Waals surface area contributed by atoms with Crippen molar-refractivity contribution in [3.8, 4) is 0 Å². The topological polar surface area (TPSA) is 105 Å². The van der Waals surface area contributed by atoms with Gasteiger partial charge in [-0.1, -0.05) is 6.92 Å². The Balaban J connectivity index is 1.86. The van der Waals surface area contributed by atoms with E-state index in [0.29, 0.717) is 44.6 Å². The molecule has 22 heavy (non-hydrogen) atoms. The fourth-order valence-electron chi connectivity index (χ4n) is 2.43. The van der Waals surface area contributed by atoms with Crippen LogP contribution in [0.3, 0.4) is 0 Å². The number of sulfonamides is 1. The molecule has 0 unspecified atom stereocenters. The second-order valence-corrected chi connectivity index (χ2v) is 8.32. The third-order valence-corrected chi connectivity index (χ3v) is 6.55. The van der Waals surface area contributed by atoms with Gasteiger partial charge in [-0.25, -0.2) is 17.7 Å². The van der Waals surface area contributed by atoms with Gasteiger partial charge in [0.05, 0.1) is 5.75 Å². The highest BCUT2D eigenvalue weighted by Crippen LogP contribution is 2.16. The van der Waals surface area contributed by atoms with E-state index in [1.165, 1.54) is 15.6 Å². The highest BCUT2D eigenvalue weighted by Gasteiger charge is 2.28. The molecule has 9 heteroatoms. The van der Waals surface area contributed by atoms with Crippen molar-refractivity contribution in [3.63, 3.8) is 0 Å². The zero-order valence-corrected chi connectivity index (χ0v) is 14.3. The molecular formula is C13H22N4O3S2. The first kappa shape index (κ1) is 17.3. The summed E-state index contributed by atoms with van der Waals surface area (Å²) in [6, 6.07) is -0.0106. The average molecular weight is 346 g/mol. The van der Waals surface area contributed by atoms with Crippen LogP contribution in [0.15, 0.2) is 5.38 Å². The molecule has 3 N–H and O–H groups in total. The molecule has 0 atom stereocenters. The molecular weight excluding hydrogens is 324 g/mol. The van der Waals surface area contributed by atoms with Crippen LogP contribution in [-0.4, -0.2) is 48.5 Å². The zero-order valence-electron chi connectivity index (χ0n) is 12.6. The molecule has 2 rings (SSSR count). The smallest absolute Gasteiger partial charge is 0.270 e. The van der Waals surface area contributed by atoms with Gasteiger partial charge in [-0.05, 0) is 19.3 Å². The molecule has 1 aromatic rings. The van der Waals surface area contributed by atoms with E-state index in [4.69, 9.17) is 5.73 Å². The van der Waals surface area contributed by atoms with Crippen molar-refractivity contribution >= 4 is 27.3 Å². The molecule has 1 amide bonds. The molecule has 0 spiro atoms. The van der Waals surface area contributed by atoms with Gasteiger partial charge in [0.15, 0.2) is 0 Å². The summed E-state index contributed by atoms with van der Waals surface area (Å²) in [6.45, 7) is 3.09. The quantitative estimate of drug-likeness (QED) is 0.782. The van der Waals surface area contributed by atoms with Gasteiger partial charge in [-0.3, -0.25) is 4.79 Å². The third-order valence-electron chi connectivity index (χ3n) is 3.60. The van der Waals surface area contributed by atoms with E-state index in [1.807, 2.05) is 6.92 Å². The van der Waals surface area contributed by atoms with Crippen LogP contribution < -0.4 is 11.1 Å². The number of nitrogens with one attached hydrogen (secondary N) is 1. The maximum absolute atomic E-state index is 12.1. The van der Waals surface area contributed by atoms with Crippen LogP contribution in [0.1, 0.15) is 41.7 Å². The van der Waals surface area contributed by atoms with Crippen molar-refractivity contribution < 1.29 is 13.2 Å². The number of hydrogen-bond acceptors (Lipinski definition) is 6. The third kappa shape index (κ3) is 4.25. The average Bonchev–Trinajstić information content (AvgIpc) is 2.97. The van der Waals surface area contributed by atoms with Gasteiger partial charge in [0.1, 0.15) is 10.7 Å². The molecule has 2 heterocycles. The standard InChI is InChI=1S/C13H22N4O3S2/c1-2-7-22(19,20)17-5-3-10(4-6-17)15-13(18)11-9-21-12(8-14)16-11/h9-10H,2-8,14H2,1H3,(H,15,18). The molecule has 0 aromatic carbocycles. The van der Waals surface area contributed by atoms with E-state index in [-0.39, 0.29) is 17.7 Å². The van der Waals surface area contributed by atoms with Crippen molar-refractivity contribution in [2.45, 2.75) is 38.8 Å². The van der Waals surface area contributed by atoms with Gasteiger partial charge in [-0.15, -0.1) is 11.3 Å². The molecule has 1 aromatic heterocycles. The summed E-state index contributed by atoms with van der Waals surface area (Å²) in [7, 11) is -3.14. The highest BCUT2D eigenvalue weighted by atomic mass is 32.2. The van der Waals surface area contributed by atoms with Gasteiger partial charge in [0, 0.05) is 31.1 Å². The monoisotopic (exact) mass is 346 g/mol. The minimum absolute atomic E-state index is 0.0106. The predicted molar refractivity (Wildman–Crippen MR) is 86.1 cm³/mol. The number of aromatic nitrogens is 1. The number of carbonyl (C=O) groups is 1. The number of piperidine rings is 1. The van der Waals surface area contributed by atoms with E-state index in [9.17, 15) is 13.2 Å². The maximum atomic E-state index is 12.1. The fourth-order valence-corrected chi connectivity index (χ4v) is 4.63. The summed E-state index contributed by atoms with van der Waals surface area (Å²) in [4.78, 5) is 16.2. The second kappa shape index (κ2) is 7.49. The first-order chi connectivity index (χ1) is 10.5. The lowest BCUT2D eigenvalue weighted by molar-refractivity contribution is 0.0919. The Morgan fingerprint density at radius 3 is 2.73 bits per heavy atom. The number of hydrogen-bond donors (Lipinski definition) is 2. The molecule has 124 valence electrons. The number of thiazole rings is 1. The van der Waals surface area contributed by atoms with Crippen LogP contribution in [0.4, 0.5) is 0 Å². The van der Waals surface area contributed by atoms with Crippen molar-refractivity contribution in [3.05, 3.63) is 16.1 Å². The van der Waals surface area contributed by atoms with E-state index in [1.54, 1.807) is 5.38 Å². The molecule has 1 aliphatic heterocycles. The number of nitrogens with zero attached hydrogens (tertiary/aromatic N) is 2. The van der Waals surface area contributed by atoms with E-state index >= 15 is 0 Å². The van der Waals surface area contributed by atoms with E-state index < -0.39 is 10.0 Å². The van der Waals surface area contributed by atoms with Crippen LogP contribution in [0.5, 0.6) is 0 Å². The van der Waals surface area contributed by atoms with E-state index in [2.05, 4.69) is 10.3 Å². The summed E-state index contributed by atoms with van der Waals surface area (Å²) in [5, 5.41) is 5.34. The molecule has 0 saturated carbocycles. The Bertz CT molecular complexity index is 607. The number of amides is 1. The molecule has 1 fully saturated rings. The van der Waals surface area contributed by atoms with Crippen LogP contribution in [0.2, 0.25) is 0 Å². The molecule has 1 saturated heterocycles. The normalized spacial score (nSPS) is 17.5. The number of carbonyl (C=O) groups excluding carboxylic acids is 1. The summed E-state index contributed by atoms with van der Waals surface area (Å²) in [5.74, 6) is -0.0316. The van der Waals surface area contributed by atoms with Crippen molar-refractivity contribution in [1.29, 1.82) is 0 Å². The number of nitrogens with two attached hydrogens (primary N) is 1. The lowest BCUT2D eigenvalue weighted by Gasteiger charge is -2.31. The van der Waals surface area contributed by atoms with E-state index in [0.717, 1.165) is 5.01 Å². The van der Waals surface area contributed by atoms with Gasteiger partial charge in [0.2, 0.25) is 10.0 Å².